The van der Waals surface area contributed by atoms with Gasteiger partial charge in [0.15, 0.2) is 11.5 Å². The maximum absolute atomic E-state index is 13.4. The lowest BCUT2D eigenvalue weighted by molar-refractivity contribution is -0.141. The van der Waals surface area contributed by atoms with E-state index in [4.69, 9.17) is 0 Å². The average molecular weight is 517 g/mol. The largest absolute Gasteiger partial charge is 0.406 e. The summed E-state index contributed by atoms with van der Waals surface area (Å²) >= 11 is 0. The van der Waals surface area contributed by atoms with Crippen LogP contribution in [0.5, 0.6) is 0 Å². The monoisotopic (exact) mass is 517 g/mol. The molecule has 0 amide bonds. The zero-order chi connectivity index (χ0) is 26.1. The van der Waals surface area contributed by atoms with Gasteiger partial charge in [0.2, 0.25) is 0 Å². The van der Waals surface area contributed by atoms with Crippen molar-refractivity contribution in [3.63, 3.8) is 0 Å². The summed E-state index contributed by atoms with van der Waals surface area (Å²) in [4.78, 5) is 36.4. The van der Waals surface area contributed by atoms with E-state index in [0.717, 1.165) is 5.56 Å². The third-order valence-electron chi connectivity index (χ3n) is 6.44. The second-order valence-corrected chi connectivity index (χ2v) is 8.83. The lowest BCUT2D eigenvalue weighted by Crippen LogP contribution is -2.23. The van der Waals surface area contributed by atoms with Crippen LogP contribution < -0.4 is 11.2 Å². The van der Waals surface area contributed by atoms with Gasteiger partial charge in [-0.1, -0.05) is 6.07 Å². The van der Waals surface area contributed by atoms with Crippen molar-refractivity contribution < 1.29 is 22.0 Å². The molecule has 14 heteroatoms. The molecule has 0 spiro atoms. The van der Waals surface area contributed by atoms with Crippen LogP contribution in [0.15, 0.2) is 52.4 Å². The zero-order valence-electron chi connectivity index (χ0n) is 18.6. The third kappa shape index (κ3) is 4.07. The van der Waals surface area contributed by atoms with Crippen LogP contribution in [0.4, 0.5) is 22.0 Å². The van der Waals surface area contributed by atoms with Crippen molar-refractivity contribution >= 4 is 16.7 Å². The predicted molar refractivity (Wildman–Crippen MR) is 121 cm³/mol. The van der Waals surface area contributed by atoms with E-state index in [2.05, 4.69) is 25.0 Å². The number of alkyl halides is 5. The first-order chi connectivity index (χ1) is 17.6. The van der Waals surface area contributed by atoms with Crippen LogP contribution in [-0.4, -0.2) is 40.3 Å². The van der Waals surface area contributed by atoms with Gasteiger partial charge >= 0.3 is 11.9 Å². The molecule has 2 N–H and O–H groups in total. The van der Waals surface area contributed by atoms with Gasteiger partial charge in [0.1, 0.15) is 6.54 Å². The van der Waals surface area contributed by atoms with E-state index < -0.39 is 36.2 Å². The number of nitrogens with one attached hydrogen (secondary N) is 2. The minimum absolute atomic E-state index is 0.0167. The molecular weight excluding hydrogens is 501 g/mol. The fourth-order valence-electron chi connectivity index (χ4n) is 4.75. The standard InChI is InChI=1S/C23H16F5N7O2/c24-18(25)20-31-15-2-1-10(5-17(15)34(20)9-23(26,27)28)11-6-12(11)13-7-16(33-35-4-3-29-19(13)35)14-8-30-22(37)32-21(14)36/h1-5,7-8,11-12,18H,6,9H2,(H2,30,32,36,37)/t11-,12?/m1/s1. The Labute approximate surface area is 202 Å². The molecule has 9 nitrogen and oxygen atoms in total. The Morgan fingerprint density at radius 1 is 1.14 bits per heavy atom. The van der Waals surface area contributed by atoms with Crippen LogP contribution in [0, 0.1) is 0 Å². The van der Waals surface area contributed by atoms with Crippen LogP contribution in [-0.2, 0) is 6.54 Å². The number of halogens is 5. The quantitative estimate of drug-likeness (QED) is 0.344. The molecule has 1 saturated carbocycles. The summed E-state index contributed by atoms with van der Waals surface area (Å²) in [6.45, 7) is -1.57. The molecule has 4 aromatic heterocycles. The van der Waals surface area contributed by atoms with Crippen LogP contribution in [0.1, 0.15) is 41.6 Å². The molecule has 2 atom stereocenters. The number of hydrogen-bond acceptors (Lipinski definition) is 5. The normalized spacial score (nSPS) is 17.8. The summed E-state index contributed by atoms with van der Waals surface area (Å²) in [5.74, 6) is -1.17. The highest BCUT2D eigenvalue weighted by molar-refractivity contribution is 5.77. The third-order valence-corrected chi connectivity index (χ3v) is 6.44. The fourth-order valence-corrected chi connectivity index (χ4v) is 4.75. The predicted octanol–water partition coefficient (Wildman–Crippen LogP) is 3.89. The van der Waals surface area contributed by atoms with E-state index in [1.165, 1.54) is 29.0 Å². The SMILES string of the molecule is O=c1[nH]cc(-c2cc(C3C[C@@H]3c3ccc4nc(C(F)F)n(CC(F)(F)F)c4c3)c3nccn3n2)c(=O)[nH]1. The van der Waals surface area contributed by atoms with E-state index in [0.29, 0.717) is 27.9 Å². The Balaban J connectivity index is 1.41. The van der Waals surface area contributed by atoms with Gasteiger partial charge in [-0.2, -0.15) is 18.3 Å². The minimum Gasteiger partial charge on any atom is -0.314 e. The Kier molecular flexibility index (Phi) is 5.04. The van der Waals surface area contributed by atoms with E-state index in [9.17, 15) is 31.5 Å². The van der Waals surface area contributed by atoms with Crippen LogP contribution in [0.3, 0.4) is 0 Å². The molecule has 6 rings (SSSR count). The number of benzene rings is 1. The van der Waals surface area contributed by atoms with Crippen molar-refractivity contribution in [2.45, 2.75) is 37.4 Å². The molecular formula is C23H16F5N7O2. The van der Waals surface area contributed by atoms with Crippen molar-refractivity contribution in [1.29, 1.82) is 0 Å². The summed E-state index contributed by atoms with van der Waals surface area (Å²) in [6, 6.07) is 6.28. The Morgan fingerprint density at radius 2 is 1.95 bits per heavy atom. The van der Waals surface area contributed by atoms with Gasteiger partial charge in [0.25, 0.3) is 12.0 Å². The molecule has 1 unspecified atom stereocenters. The van der Waals surface area contributed by atoms with Crippen molar-refractivity contribution in [3.05, 3.63) is 80.6 Å². The molecule has 0 bridgehead atoms. The molecule has 1 aliphatic rings. The van der Waals surface area contributed by atoms with E-state index >= 15 is 0 Å². The number of imidazole rings is 2. The molecule has 190 valence electrons. The molecule has 1 aromatic carbocycles. The second kappa shape index (κ2) is 8.08. The first-order valence-corrected chi connectivity index (χ1v) is 11.1. The lowest BCUT2D eigenvalue weighted by atomic mass is 10.0. The van der Waals surface area contributed by atoms with Crippen LogP contribution in [0.25, 0.3) is 27.9 Å². The van der Waals surface area contributed by atoms with Crippen LogP contribution in [0.2, 0.25) is 0 Å². The second-order valence-electron chi connectivity index (χ2n) is 8.83. The Morgan fingerprint density at radius 3 is 2.68 bits per heavy atom. The number of rotatable bonds is 5. The number of hydrogen-bond donors (Lipinski definition) is 2. The van der Waals surface area contributed by atoms with Crippen molar-refractivity contribution in [2.75, 3.05) is 0 Å². The first-order valence-electron chi connectivity index (χ1n) is 11.1. The molecule has 0 aliphatic heterocycles. The molecule has 37 heavy (non-hydrogen) atoms. The number of H-pyrrole nitrogens is 2. The number of nitrogens with zero attached hydrogens (tertiary/aromatic N) is 5. The molecule has 1 fully saturated rings. The highest BCUT2D eigenvalue weighted by Crippen LogP contribution is 2.56. The Bertz CT molecular complexity index is 1780. The van der Waals surface area contributed by atoms with Crippen molar-refractivity contribution in [1.82, 2.24) is 34.1 Å². The van der Waals surface area contributed by atoms with Crippen molar-refractivity contribution in [2.24, 2.45) is 0 Å². The van der Waals surface area contributed by atoms with E-state index in [1.807, 2.05) is 0 Å². The summed E-state index contributed by atoms with van der Waals surface area (Å²) in [7, 11) is 0. The molecule has 0 saturated heterocycles. The smallest absolute Gasteiger partial charge is 0.314 e. The van der Waals surface area contributed by atoms with Gasteiger partial charge in [-0.3, -0.25) is 9.78 Å². The van der Waals surface area contributed by atoms with E-state index in [-0.39, 0.29) is 28.4 Å². The van der Waals surface area contributed by atoms with Gasteiger partial charge < -0.3 is 9.55 Å². The fraction of sp³-hybridized carbons (Fsp3) is 0.261. The van der Waals surface area contributed by atoms with Crippen LogP contribution >= 0.6 is 0 Å². The highest BCUT2D eigenvalue weighted by atomic mass is 19.4. The lowest BCUT2D eigenvalue weighted by Gasteiger charge is -2.12. The van der Waals surface area contributed by atoms with Gasteiger partial charge in [-0.05, 0) is 42.0 Å². The maximum atomic E-state index is 13.4. The van der Waals surface area contributed by atoms with E-state index in [1.54, 1.807) is 18.3 Å². The zero-order valence-corrected chi connectivity index (χ0v) is 18.6. The molecule has 0 radical (unpaired) electrons. The highest BCUT2D eigenvalue weighted by Gasteiger charge is 2.42. The summed E-state index contributed by atoms with van der Waals surface area (Å²) < 4.78 is 68.3. The summed E-state index contributed by atoms with van der Waals surface area (Å²) in [5.41, 5.74) is 1.17. The average Bonchev–Trinajstić information content (AvgIpc) is 3.33. The van der Waals surface area contributed by atoms with Gasteiger partial charge in [0.05, 0.1) is 22.3 Å². The molecule has 1 aliphatic carbocycles. The topological polar surface area (TPSA) is 114 Å². The first kappa shape index (κ1) is 23.1. The van der Waals surface area contributed by atoms with Gasteiger partial charge in [0, 0.05) is 24.2 Å². The number of aromatic amines is 2. The maximum Gasteiger partial charge on any atom is 0.406 e. The summed E-state index contributed by atoms with van der Waals surface area (Å²) in [5, 5.41) is 4.39. The number of aromatic nitrogens is 7. The molecule has 4 heterocycles. The molecule has 5 aromatic rings. The minimum atomic E-state index is -4.70. The van der Waals surface area contributed by atoms with Crippen molar-refractivity contribution in [3.8, 4) is 11.3 Å². The summed E-state index contributed by atoms with van der Waals surface area (Å²) in [6.07, 6.45) is -2.84. The number of fused-ring (bicyclic) bond motifs is 2. The Hall–Kier alpha value is -4.36. The van der Waals surface area contributed by atoms with Gasteiger partial charge in [-0.25, -0.2) is 28.1 Å². The van der Waals surface area contributed by atoms with Gasteiger partial charge in [-0.15, -0.1) is 0 Å².